The second-order valence-electron chi connectivity index (χ2n) is 6.42. The van der Waals surface area contributed by atoms with Crippen LogP contribution in [0.4, 0.5) is 5.69 Å². The fourth-order valence-corrected chi connectivity index (χ4v) is 4.14. The Balaban J connectivity index is 1.34. The highest BCUT2D eigenvalue weighted by Crippen LogP contribution is 2.38. The van der Waals surface area contributed by atoms with Gasteiger partial charge in [-0.25, -0.2) is 9.97 Å². The molecule has 1 aliphatic heterocycles. The molecule has 5 rings (SSSR count). The second-order valence-corrected chi connectivity index (χ2v) is 7.71. The minimum atomic E-state index is -0.316. The number of ether oxygens (including phenoxy) is 3. The lowest BCUT2D eigenvalue weighted by molar-refractivity contribution is -0.118. The van der Waals surface area contributed by atoms with Gasteiger partial charge in [0.2, 0.25) is 12.7 Å². The highest BCUT2D eigenvalue weighted by Gasteiger charge is 2.17. The molecule has 0 bridgehead atoms. The lowest BCUT2D eigenvalue weighted by Gasteiger charge is -2.09. The number of carbonyl (C=O) groups excluding carboxylic acids is 1. The van der Waals surface area contributed by atoms with Crippen LogP contribution in [0.2, 0.25) is 5.02 Å². The zero-order chi connectivity index (χ0) is 20.5. The number of nitrogens with one attached hydrogen (secondary N) is 1. The summed E-state index contributed by atoms with van der Waals surface area (Å²) in [5, 5.41) is 6.19. The second kappa shape index (κ2) is 7.81. The molecule has 150 valence electrons. The number of benzene rings is 2. The summed E-state index contributed by atoms with van der Waals surface area (Å²) >= 11 is 7.48. The molecule has 7 nitrogen and oxygen atoms in total. The number of hydrogen-bond acceptors (Lipinski definition) is 7. The van der Waals surface area contributed by atoms with Crippen molar-refractivity contribution in [3.63, 3.8) is 0 Å². The van der Waals surface area contributed by atoms with Crippen molar-refractivity contribution in [2.45, 2.75) is 0 Å². The van der Waals surface area contributed by atoms with Gasteiger partial charge in [-0.15, -0.1) is 11.3 Å². The maximum absolute atomic E-state index is 12.4. The highest BCUT2D eigenvalue weighted by molar-refractivity contribution is 7.17. The van der Waals surface area contributed by atoms with E-state index < -0.39 is 0 Å². The molecule has 9 heteroatoms. The number of carbonyl (C=O) groups is 1. The predicted molar refractivity (Wildman–Crippen MR) is 115 cm³/mol. The first-order valence-corrected chi connectivity index (χ1v) is 10.2. The molecule has 1 amide bonds. The van der Waals surface area contributed by atoms with Crippen molar-refractivity contribution >= 4 is 44.7 Å². The minimum Gasteiger partial charge on any atom is -0.467 e. The molecule has 0 radical (unpaired) electrons. The molecular weight excluding hydrogens is 426 g/mol. The van der Waals surface area contributed by atoms with Crippen molar-refractivity contribution in [3.8, 4) is 28.5 Å². The van der Waals surface area contributed by atoms with Crippen LogP contribution in [0.1, 0.15) is 0 Å². The number of halogens is 1. The van der Waals surface area contributed by atoms with E-state index in [0.29, 0.717) is 28.1 Å². The van der Waals surface area contributed by atoms with Gasteiger partial charge < -0.3 is 19.5 Å². The van der Waals surface area contributed by atoms with Crippen LogP contribution in [0.25, 0.3) is 21.3 Å². The molecule has 0 atom stereocenters. The van der Waals surface area contributed by atoms with Crippen LogP contribution in [-0.2, 0) is 4.79 Å². The number of amides is 1. The van der Waals surface area contributed by atoms with Crippen LogP contribution in [0, 0.1) is 0 Å². The average Bonchev–Trinajstić information content (AvgIpc) is 3.40. The summed E-state index contributed by atoms with van der Waals surface area (Å²) in [7, 11) is 0. The van der Waals surface area contributed by atoms with Gasteiger partial charge in [0.05, 0.1) is 5.39 Å². The van der Waals surface area contributed by atoms with Crippen molar-refractivity contribution in [1.29, 1.82) is 0 Å². The van der Waals surface area contributed by atoms with Gasteiger partial charge in [-0.1, -0.05) is 23.7 Å². The topological polar surface area (TPSA) is 82.6 Å². The van der Waals surface area contributed by atoms with Crippen LogP contribution in [0.5, 0.6) is 17.4 Å². The first-order chi connectivity index (χ1) is 14.7. The van der Waals surface area contributed by atoms with Gasteiger partial charge in [0, 0.05) is 27.7 Å². The Morgan fingerprint density at radius 1 is 1.13 bits per heavy atom. The molecule has 1 N–H and O–H groups in total. The van der Waals surface area contributed by atoms with E-state index >= 15 is 0 Å². The molecule has 1 aliphatic rings. The largest absolute Gasteiger partial charge is 0.467 e. The van der Waals surface area contributed by atoms with Crippen molar-refractivity contribution in [2.75, 3.05) is 18.7 Å². The van der Waals surface area contributed by atoms with E-state index in [0.717, 1.165) is 21.3 Å². The fraction of sp³-hybridized carbons (Fsp3) is 0.0952. The smallest absolute Gasteiger partial charge is 0.262 e. The molecule has 4 aromatic rings. The van der Waals surface area contributed by atoms with Gasteiger partial charge in [-0.05, 0) is 29.8 Å². The molecule has 0 saturated heterocycles. The van der Waals surface area contributed by atoms with E-state index in [9.17, 15) is 4.79 Å². The van der Waals surface area contributed by atoms with E-state index in [1.165, 1.54) is 17.7 Å². The quantitative estimate of drug-likeness (QED) is 0.483. The Labute approximate surface area is 180 Å². The van der Waals surface area contributed by atoms with Gasteiger partial charge in [-0.3, -0.25) is 4.79 Å². The Morgan fingerprint density at radius 2 is 1.97 bits per heavy atom. The van der Waals surface area contributed by atoms with Crippen molar-refractivity contribution in [3.05, 3.63) is 59.2 Å². The van der Waals surface area contributed by atoms with Crippen LogP contribution >= 0.6 is 22.9 Å². The zero-order valence-corrected chi connectivity index (χ0v) is 17.0. The predicted octanol–water partition coefficient (Wildman–Crippen LogP) is 4.76. The molecule has 3 heterocycles. The van der Waals surface area contributed by atoms with E-state index in [4.69, 9.17) is 25.8 Å². The third-order valence-electron chi connectivity index (χ3n) is 4.49. The standard InChI is InChI=1S/C21H14ClN3O4S/c22-13-3-1-12(2-4-13)15-9-30-21-19(15)20(23-10-24-21)27-8-18(26)25-14-5-6-16-17(7-14)29-11-28-16/h1-7,9-10H,8,11H2,(H,25,26). The lowest BCUT2D eigenvalue weighted by Crippen LogP contribution is -2.20. The van der Waals surface area contributed by atoms with Crippen molar-refractivity contribution in [2.24, 2.45) is 0 Å². The molecule has 0 fully saturated rings. The van der Waals surface area contributed by atoms with E-state index in [-0.39, 0.29) is 19.3 Å². The zero-order valence-electron chi connectivity index (χ0n) is 15.4. The van der Waals surface area contributed by atoms with Crippen LogP contribution < -0.4 is 19.5 Å². The Hall–Kier alpha value is -3.36. The number of aromatic nitrogens is 2. The van der Waals surface area contributed by atoms with Crippen LogP contribution in [0.3, 0.4) is 0 Å². The number of hydrogen-bond donors (Lipinski definition) is 1. The molecule has 2 aromatic carbocycles. The summed E-state index contributed by atoms with van der Waals surface area (Å²) < 4.78 is 16.3. The maximum atomic E-state index is 12.4. The summed E-state index contributed by atoms with van der Waals surface area (Å²) in [6, 6.07) is 12.7. The maximum Gasteiger partial charge on any atom is 0.262 e. The number of rotatable bonds is 5. The van der Waals surface area contributed by atoms with Crippen molar-refractivity contribution in [1.82, 2.24) is 9.97 Å². The third kappa shape index (κ3) is 3.62. The van der Waals surface area contributed by atoms with Gasteiger partial charge in [0.1, 0.15) is 11.2 Å². The molecule has 0 saturated carbocycles. The Kier molecular flexibility index (Phi) is 4.86. The van der Waals surface area contributed by atoms with E-state index in [1.807, 2.05) is 29.6 Å². The number of nitrogens with zero attached hydrogens (tertiary/aromatic N) is 2. The fourth-order valence-electron chi connectivity index (χ4n) is 3.10. The molecule has 0 unspecified atom stereocenters. The van der Waals surface area contributed by atoms with Crippen LogP contribution in [0.15, 0.2) is 54.2 Å². The monoisotopic (exact) mass is 439 g/mol. The van der Waals surface area contributed by atoms with Gasteiger partial charge in [-0.2, -0.15) is 0 Å². The highest BCUT2D eigenvalue weighted by atomic mass is 35.5. The summed E-state index contributed by atoms with van der Waals surface area (Å²) in [4.78, 5) is 21.7. The van der Waals surface area contributed by atoms with E-state index in [1.54, 1.807) is 18.2 Å². The number of thiophene rings is 1. The Bertz CT molecular complexity index is 1240. The first-order valence-electron chi connectivity index (χ1n) is 8.98. The number of fused-ring (bicyclic) bond motifs is 2. The summed E-state index contributed by atoms with van der Waals surface area (Å²) in [5.74, 6) is 1.29. The Morgan fingerprint density at radius 3 is 2.83 bits per heavy atom. The molecule has 2 aromatic heterocycles. The summed E-state index contributed by atoms with van der Waals surface area (Å²) in [5.41, 5.74) is 2.49. The average molecular weight is 440 g/mol. The van der Waals surface area contributed by atoms with Gasteiger partial charge >= 0.3 is 0 Å². The number of anilines is 1. The minimum absolute atomic E-state index is 0.177. The molecule has 0 aliphatic carbocycles. The van der Waals surface area contributed by atoms with E-state index in [2.05, 4.69) is 15.3 Å². The summed E-state index contributed by atoms with van der Waals surface area (Å²) in [6.45, 7) is -0.0212. The van der Waals surface area contributed by atoms with Gasteiger partial charge in [0.25, 0.3) is 5.91 Å². The molecule has 30 heavy (non-hydrogen) atoms. The lowest BCUT2D eigenvalue weighted by atomic mass is 10.1. The first kappa shape index (κ1) is 18.7. The SMILES string of the molecule is O=C(COc1ncnc2scc(-c3ccc(Cl)cc3)c12)Nc1ccc2c(c1)OCO2. The van der Waals surface area contributed by atoms with Gasteiger partial charge in [0.15, 0.2) is 18.1 Å². The molecule has 0 spiro atoms. The summed E-state index contributed by atoms with van der Waals surface area (Å²) in [6.07, 6.45) is 1.43. The van der Waals surface area contributed by atoms with Crippen molar-refractivity contribution < 1.29 is 19.0 Å². The third-order valence-corrected chi connectivity index (χ3v) is 5.63. The molecular formula is C21H14ClN3O4S. The normalized spacial score (nSPS) is 12.2. The van der Waals surface area contributed by atoms with Crippen LogP contribution in [-0.4, -0.2) is 29.3 Å².